The first-order valence-electron chi connectivity index (χ1n) is 6.34. The molecule has 6 heteroatoms. The molecule has 0 radical (unpaired) electrons. The third-order valence-corrected chi connectivity index (χ3v) is 3.86. The lowest BCUT2D eigenvalue weighted by Gasteiger charge is -1.99. The molecule has 1 aromatic heterocycles. The fourth-order valence-corrected chi connectivity index (χ4v) is 2.73. The molecule has 1 amide bonds. The van der Waals surface area contributed by atoms with Gasteiger partial charge >= 0.3 is 0 Å². The van der Waals surface area contributed by atoms with Gasteiger partial charge in [-0.1, -0.05) is 15.9 Å². The van der Waals surface area contributed by atoms with E-state index in [4.69, 9.17) is 0 Å². The summed E-state index contributed by atoms with van der Waals surface area (Å²) in [6.07, 6.45) is 1.75. The van der Waals surface area contributed by atoms with Crippen LogP contribution in [0.15, 0.2) is 52.1 Å². The van der Waals surface area contributed by atoms with Gasteiger partial charge in [0.1, 0.15) is 5.71 Å². The maximum absolute atomic E-state index is 12.1. The molecular weight excluding hydrogens is 332 g/mol. The first-order chi connectivity index (χ1) is 10.2. The zero-order valence-electron chi connectivity index (χ0n) is 10.7. The minimum atomic E-state index is -0.187. The number of anilines is 1. The molecule has 0 fully saturated rings. The second kappa shape index (κ2) is 4.53. The number of carbonyl (C=O) groups is 1. The van der Waals surface area contributed by atoms with Crippen LogP contribution in [-0.4, -0.2) is 21.8 Å². The second-order valence-corrected chi connectivity index (χ2v) is 5.66. The van der Waals surface area contributed by atoms with Crippen molar-refractivity contribution in [2.75, 3.05) is 5.32 Å². The lowest BCUT2D eigenvalue weighted by Crippen LogP contribution is -2.13. The Hall–Kier alpha value is -2.47. The van der Waals surface area contributed by atoms with Gasteiger partial charge in [0.15, 0.2) is 0 Å². The number of nitrogens with one attached hydrogen (secondary N) is 2. The molecule has 0 saturated heterocycles. The Morgan fingerprint density at radius 3 is 2.95 bits per heavy atom. The molecule has 0 bridgehead atoms. The molecule has 0 unspecified atom stereocenters. The van der Waals surface area contributed by atoms with E-state index in [2.05, 4.69) is 36.4 Å². The number of H-pyrrole nitrogens is 1. The largest absolute Gasteiger partial charge is 0.320 e. The van der Waals surface area contributed by atoms with Crippen LogP contribution in [0.4, 0.5) is 11.4 Å². The number of rotatable bonds is 1. The molecular formula is C15H9BrN4O. The van der Waals surface area contributed by atoms with Crippen molar-refractivity contribution in [3.8, 4) is 0 Å². The number of carbonyl (C=O) groups excluding carboxylic acids is 1. The summed E-state index contributed by atoms with van der Waals surface area (Å²) in [7, 11) is 0. The van der Waals surface area contributed by atoms with Gasteiger partial charge in [-0.05, 0) is 36.4 Å². The molecule has 2 heterocycles. The van der Waals surface area contributed by atoms with E-state index in [1.54, 1.807) is 6.20 Å². The van der Waals surface area contributed by atoms with Crippen LogP contribution in [0.25, 0.3) is 10.9 Å². The van der Waals surface area contributed by atoms with Gasteiger partial charge in [0.05, 0.1) is 23.1 Å². The molecule has 0 aliphatic carbocycles. The average molecular weight is 341 g/mol. The highest BCUT2D eigenvalue weighted by Gasteiger charge is 2.25. The maximum atomic E-state index is 12.1. The smallest absolute Gasteiger partial charge is 0.275 e. The van der Waals surface area contributed by atoms with E-state index in [0.717, 1.165) is 26.6 Å². The zero-order valence-corrected chi connectivity index (χ0v) is 12.3. The van der Waals surface area contributed by atoms with Crippen LogP contribution in [0, 0.1) is 0 Å². The van der Waals surface area contributed by atoms with Crippen molar-refractivity contribution in [1.29, 1.82) is 0 Å². The van der Waals surface area contributed by atoms with E-state index in [9.17, 15) is 4.79 Å². The summed E-state index contributed by atoms with van der Waals surface area (Å²) in [5.74, 6) is -0.187. The van der Waals surface area contributed by atoms with E-state index >= 15 is 0 Å². The fraction of sp³-hybridized carbons (Fsp3) is 0. The Labute approximate surface area is 128 Å². The SMILES string of the molecule is O=C1Nc2cc(Br)ccc2/C1=N/c1ccc2cn[nH]c2c1. The minimum absolute atomic E-state index is 0.187. The number of halogens is 1. The molecule has 5 nitrogen and oxygen atoms in total. The van der Waals surface area contributed by atoms with Crippen molar-refractivity contribution in [3.63, 3.8) is 0 Å². The number of hydrogen-bond acceptors (Lipinski definition) is 3. The monoisotopic (exact) mass is 340 g/mol. The Morgan fingerprint density at radius 2 is 2.05 bits per heavy atom. The summed E-state index contributed by atoms with van der Waals surface area (Å²) in [6.45, 7) is 0. The van der Waals surface area contributed by atoms with Crippen LogP contribution in [0.2, 0.25) is 0 Å². The predicted octanol–water partition coefficient (Wildman–Crippen LogP) is 3.40. The van der Waals surface area contributed by atoms with Crippen molar-refractivity contribution in [1.82, 2.24) is 10.2 Å². The molecule has 0 spiro atoms. The zero-order chi connectivity index (χ0) is 14.4. The van der Waals surface area contributed by atoms with Crippen molar-refractivity contribution in [2.45, 2.75) is 0 Å². The highest BCUT2D eigenvalue weighted by atomic mass is 79.9. The highest BCUT2D eigenvalue weighted by molar-refractivity contribution is 9.10. The van der Waals surface area contributed by atoms with Gasteiger partial charge in [-0.2, -0.15) is 5.10 Å². The van der Waals surface area contributed by atoms with Crippen LogP contribution in [0.5, 0.6) is 0 Å². The number of nitrogens with zero attached hydrogens (tertiary/aromatic N) is 2. The van der Waals surface area contributed by atoms with Crippen LogP contribution in [-0.2, 0) is 4.79 Å². The predicted molar refractivity (Wildman–Crippen MR) is 85.1 cm³/mol. The molecule has 102 valence electrons. The number of hydrogen-bond donors (Lipinski definition) is 2. The van der Waals surface area contributed by atoms with E-state index in [1.807, 2.05) is 36.4 Å². The van der Waals surface area contributed by atoms with Gasteiger partial charge < -0.3 is 5.32 Å². The molecule has 2 N–H and O–H groups in total. The first-order valence-corrected chi connectivity index (χ1v) is 7.13. The Balaban J connectivity index is 1.84. The quantitative estimate of drug-likeness (QED) is 0.712. The summed E-state index contributed by atoms with van der Waals surface area (Å²) < 4.78 is 0.918. The van der Waals surface area contributed by atoms with Gasteiger partial charge in [0, 0.05) is 15.4 Å². The molecule has 1 aliphatic rings. The van der Waals surface area contributed by atoms with Crippen molar-refractivity contribution in [3.05, 3.63) is 52.6 Å². The minimum Gasteiger partial charge on any atom is -0.320 e. The molecule has 3 aromatic rings. The van der Waals surface area contributed by atoms with E-state index in [1.165, 1.54) is 0 Å². The topological polar surface area (TPSA) is 70.1 Å². The van der Waals surface area contributed by atoms with Gasteiger partial charge in [0.25, 0.3) is 5.91 Å². The number of benzene rings is 2. The van der Waals surface area contributed by atoms with Crippen LogP contribution in [0.3, 0.4) is 0 Å². The number of fused-ring (bicyclic) bond motifs is 2. The van der Waals surface area contributed by atoms with Gasteiger partial charge in [-0.3, -0.25) is 9.89 Å². The third-order valence-electron chi connectivity index (χ3n) is 3.37. The molecule has 2 aromatic carbocycles. The van der Waals surface area contributed by atoms with Crippen LogP contribution < -0.4 is 5.32 Å². The van der Waals surface area contributed by atoms with Crippen molar-refractivity contribution >= 4 is 49.8 Å². The molecule has 21 heavy (non-hydrogen) atoms. The average Bonchev–Trinajstić information content (AvgIpc) is 3.03. The molecule has 1 aliphatic heterocycles. The number of amides is 1. The van der Waals surface area contributed by atoms with Crippen molar-refractivity contribution in [2.24, 2.45) is 4.99 Å². The Bertz CT molecular complexity index is 913. The maximum Gasteiger partial charge on any atom is 0.275 e. The van der Waals surface area contributed by atoms with E-state index in [-0.39, 0.29) is 5.91 Å². The fourth-order valence-electron chi connectivity index (χ4n) is 2.36. The highest BCUT2D eigenvalue weighted by Crippen LogP contribution is 2.29. The van der Waals surface area contributed by atoms with E-state index < -0.39 is 0 Å². The van der Waals surface area contributed by atoms with E-state index in [0.29, 0.717) is 11.4 Å². The van der Waals surface area contributed by atoms with Crippen LogP contribution >= 0.6 is 15.9 Å². The lowest BCUT2D eigenvalue weighted by molar-refractivity contribution is -0.110. The molecule has 0 atom stereocenters. The van der Waals surface area contributed by atoms with Gasteiger partial charge in [-0.25, -0.2) is 4.99 Å². The molecule has 4 rings (SSSR count). The Kier molecular flexibility index (Phi) is 2.65. The number of aliphatic imine (C=N–C) groups is 1. The lowest BCUT2D eigenvalue weighted by atomic mass is 10.1. The normalized spacial score (nSPS) is 15.5. The Morgan fingerprint density at radius 1 is 1.14 bits per heavy atom. The van der Waals surface area contributed by atoms with Gasteiger partial charge in [0.2, 0.25) is 0 Å². The van der Waals surface area contributed by atoms with Gasteiger partial charge in [-0.15, -0.1) is 0 Å². The second-order valence-electron chi connectivity index (χ2n) is 4.75. The summed E-state index contributed by atoms with van der Waals surface area (Å²) in [5, 5.41) is 10.7. The third kappa shape index (κ3) is 2.04. The summed E-state index contributed by atoms with van der Waals surface area (Å²) in [5.41, 5.74) is 3.62. The number of aromatic nitrogens is 2. The first kappa shape index (κ1) is 12.3. The van der Waals surface area contributed by atoms with Crippen molar-refractivity contribution < 1.29 is 4.79 Å². The summed E-state index contributed by atoms with van der Waals surface area (Å²) in [6, 6.07) is 11.3. The number of aromatic amines is 1. The standard InChI is InChI=1S/C15H9BrN4O/c16-9-2-4-11-13(5-9)19-15(21)14(11)18-10-3-1-8-7-17-20-12(8)6-10/h1-7H,(H,17,20)(H,18,19,21). The summed E-state index contributed by atoms with van der Waals surface area (Å²) in [4.78, 5) is 16.6. The van der Waals surface area contributed by atoms with Crippen LogP contribution in [0.1, 0.15) is 5.56 Å². The summed E-state index contributed by atoms with van der Waals surface area (Å²) >= 11 is 3.39. The molecule has 0 saturated carbocycles.